The molecule has 3 aromatic heterocycles. The number of amides is 1. The van der Waals surface area contributed by atoms with E-state index < -0.39 is 0 Å². The molecule has 154 valence electrons. The minimum Gasteiger partial charge on any atom is -0.355 e. The van der Waals surface area contributed by atoms with Crippen LogP contribution in [0.25, 0.3) is 5.82 Å². The molecule has 1 fully saturated rings. The number of hydrogen-bond acceptors (Lipinski definition) is 4. The molecule has 30 heavy (non-hydrogen) atoms. The fourth-order valence-electron chi connectivity index (χ4n) is 4.96. The van der Waals surface area contributed by atoms with Crippen LogP contribution >= 0.6 is 0 Å². The van der Waals surface area contributed by atoms with E-state index in [0.717, 1.165) is 30.2 Å². The van der Waals surface area contributed by atoms with Gasteiger partial charge in [-0.15, -0.1) is 0 Å². The molecule has 5 heterocycles. The topological polar surface area (TPSA) is 54.3 Å². The van der Waals surface area contributed by atoms with Crippen LogP contribution in [-0.4, -0.2) is 45.0 Å². The van der Waals surface area contributed by atoms with Gasteiger partial charge in [0.1, 0.15) is 11.2 Å². The molecule has 2 aliphatic heterocycles. The Morgan fingerprint density at radius 2 is 2.03 bits per heavy atom. The maximum atomic E-state index is 13.3. The molecule has 3 aromatic rings. The van der Waals surface area contributed by atoms with Gasteiger partial charge in [-0.05, 0) is 55.7 Å². The third kappa shape index (κ3) is 2.82. The maximum absolute atomic E-state index is 13.3. The fourth-order valence-corrected chi connectivity index (χ4v) is 4.96. The monoisotopic (exact) mass is 401 g/mol. The number of hydrogen-bond donors (Lipinski definition) is 0. The van der Waals surface area contributed by atoms with Crippen molar-refractivity contribution in [2.75, 3.05) is 24.5 Å². The first-order chi connectivity index (χ1) is 14.5. The Kier molecular flexibility index (Phi) is 4.38. The molecule has 1 spiro atoms. The first-order valence-electron chi connectivity index (χ1n) is 10.6. The van der Waals surface area contributed by atoms with E-state index in [1.165, 1.54) is 5.69 Å². The third-order valence-corrected chi connectivity index (χ3v) is 6.22. The molecule has 0 aromatic carbocycles. The second kappa shape index (κ2) is 6.97. The molecule has 6 nitrogen and oxygen atoms in total. The number of carbonyl (C=O) groups excluding carboxylic acids is 1. The van der Waals surface area contributed by atoms with Crippen molar-refractivity contribution in [3.05, 3.63) is 71.9 Å². The molecular formula is C24H27N5O. The van der Waals surface area contributed by atoms with Crippen LogP contribution < -0.4 is 4.90 Å². The minimum absolute atomic E-state index is 0.00941. The zero-order valence-electron chi connectivity index (χ0n) is 17.7. The van der Waals surface area contributed by atoms with Gasteiger partial charge in [0.25, 0.3) is 5.91 Å². The quantitative estimate of drug-likeness (QED) is 0.670. The summed E-state index contributed by atoms with van der Waals surface area (Å²) < 4.78 is 2.20. The molecule has 1 saturated heterocycles. The van der Waals surface area contributed by atoms with Crippen LogP contribution in [0.1, 0.15) is 42.1 Å². The number of likely N-dealkylation sites (tertiary alicyclic amines) is 1. The van der Waals surface area contributed by atoms with Crippen LogP contribution in [0.2, 0.25) is 0 Å². The van der Waals surface area contributed by atoms with Gasteiger partial charge in [-0.1, -0.05) is 19.9 Å². The molecule has 0 aliphatic carbocycles. The molecule has 0 saturated carbocycles. The normalized spacial score (nSPS) is 20.0. The number of anilines is 1. The Bertz CT molecular complexity index is 1100. The summed E-state index contributed by atoms with van der Waals surface area (Å²) in [6, 6.07) is 14.1. The Morgan fingerprint density at radius 1 is 1.17 bits per heavy atom. The van der Waals surface area contributed by atoms with E-state index in [9.17, 15) is 4.79 Å². The smallest absolute Gasteiger partial charge is 0.272 e. The molecule has 1 atom stereocenters. The van der Waals surface area contributed by atoms with Crippen molar-refractivity contribution >= 4 is 11.6 Å². The van der Waals surface area contributed by atoms with Crippen molar-refractivity contribution in [3.63, 3.8) is 0 Å². The molecule has 6 heteroatoms. The third-order valence-electron chi connectivity index (χ3n) is 6.22. The van der Waals surface area contributed by atoms with Crippen molar-refractivity contribution < 1.29 is 4.79 Å². The number of aromatic nitrogens is 3. The summed E-state index contributed by atoms with van der Waals surface area (Å²) in [6.07, 6.45) is 4.82. The number of fused-ring (bicyclic) bond motifs is 4. The first kappa shape index (κ1) is 18.9. The predicted octanol–water partition coefficient (Wildman–Crippen LogP) is 3.79. The Labute approximate surface area is 177 Å². The Balaban J connectivity index is 1.58. The lowest BCUT2D eigenvalue weighted by atomic mass is 9.88. The van der Waals surface area contributed by atoms with Gasteiger partial charge in [0.2, 0.25) is 0 Å². The number of rotatable bonds is 3. The lowest BCUT2D eigenvalue weighted by molar-refractivity contribution is 0.0775. The predicted molar refractivity (Wildman–Crippen MR) is 117 cm³/mol. The van der Waals surface area contributed by atoms with E-state index in [4.69, 9.17) is 0 Å². The zero-order valence-corrected chi connectivity index (χ0v) is 17.7. The number of nitrogens with zero attached hydrogens (tertiary/aromatic N) is 5. The van der Waals surface area contributed by atoms with E-state index in [0.29, 0.717) is 24.7 Å². The second-order valence-corrected chi connectivity index (χ2v) is 8.79. The summed E-state index contributed by atoms with van der Waals surface area (Å²) in [4.78, 5) is 26.9. The summed E-state index contributed by atoms with van der Waals surface area (Å²) in [7, 11) is 0. The summed E-state index contributed by atoms with van der Waals surface area (Å²) in [5.74, 6) is 1.46. The van der Waals surface area contributed by atoms with Crippen molar-refractivity contribution in [2.45, 2.75) is 32.7 Å². The van der Waals surface area contributed by atoms with Gasteiger partial charge >= 0.3 is 0 Å². The van der Waals surface area contributed by atoms with Gasteiger partial charge in [0.15, 0.2) is 5.82 Å². The van der Waals surface area contributed by atoms with Gasteiger partial charge in [0, 0.05) is 37.7 Å². The standard InChI is InChI=1S/C24H27N5O/c1-17(2)15-29-20-9-5-12-25-22(20)28-13-6-10-21(28)24(29)11-14-27(16-24)23(30)19-8-4-7-18(3)26-19/h4-10,12-13,17H,11,14-16H2,1-3H3/t24-/m1/s1. The van der Waals surface area contributed by atoms with Gasteiger partial charge in [0.05, 0.1) is 11.4 Å². The van der Waals surface area contributed by atoms with E-state index in [1.54, 1.807) is 0 Å². The van der Waals surface area contributed by atoms with Crippen LogP contribution in [0.15, 0.2) is 54.9 Å². The molecule has 0 radical (unpaired) electrons. The Morgan fingerprint density at radius 3 is 2.83 bits per heavy atom. The van der Waals surface area contributed by atoms with Crippen LogP contribution in [0.3, 0.4) is 0 Å². The van der Waals surface area contributed by atoms with E-state index >= 15 is 0 Å². The minimum atomic E-state index is -0.261. The summed E-state index contributed by atoms with van der Waals surface area (Å²) in [6.45, 7) is 8.67. The van der Waals surface area contributed by atoms with Gasteiger partial charge in [-0.3, -0.25) is 4.79 Å². The largest absolute Gasteiger partial charge is 0.355 e. The highest BCUT2D eigenvalue weighted by molar-refractivity contribution is 5.92. The van der Waals surface area contributed by atoms with Crippen LogP contribution in [0.5, 0.6) is 0 Å². The lowest BCUT2D eigenvalue weighted by Gasteiger charge is -2.47. The molecular weight excluding hydrogens is 374 g/mol. The second-order valence-electron chi connectivity index (χ2n) is 8.79. The zero-order chi connectivity index (χ0) is 20.9. The van der Waals surface area contributed by atoms with Crippen molar-refractivity contribution in [3.8, 4) is 5.82 Å². The molecule has 0 unspecified atom stereocenters. The van der Waals surface area contributed by atoms with Gasteiger partial charge < -0.3 is 14.4 Å². The van der Waals surface area contributed by atoms with Crippen molar-refractivity contribution in [1.82, 2.24) is 19.4 Å². The average Bonchev–Trinajstić information content (AvgIpc) is 3.39. The first-order valence-corrected chi connectivity index (χ1v) is 10.6. The molecule has 0 bridgehead atoms. The molecule has 2 aliphatic rings. The summed E-state index contributed by atoms with van der Waals surface area (Å²) in [5, 5.41) is 0. The van der Waals surface area contributed by atoms with Crippen molar-refractivity contribution in [1.29, 1.82) is 0 Å². The summed E-state index contributed by atoms with van der Waals surface area (Å²) in [5.41, 5.74) is 3.47. The van der Waals surface area contributed by atoms with Crippen LogP contribution in [-0.2, 0) is 5.54 Å². The Hall–Kier alpha value is -3.15. The fraction of sp³-hybridized carbons (Fsp3) is 0.375. The number of pyridine rings is 2. The molecule has 5 rings (SSSR count). The summed E-state index contributed by atoms with van der Waals surface area (Å²) >= 11 is 0. The highest BCUT2D eigenvalue weighted by Gasteiger charge is 2.51. The number of carbonyl (C=O) groups is 1. The molecule has 0 N–H and O–H groups in total. The van der Waals surface area contributed by atoms with Gasteiger partial charge in [-0.2, -0.15) is 0 Å². The van der Waals surface area contributed by atoms with Crippen LogP contribution in [0.4, 0.5) is 5.69 Å². The lowest BCUT2D eigenvalue weighted by Crippen LogP contribution is -2.54. The highest BCUT2D eigenvalue weighted by atomic mass is 16.2. The van der Waals surface area contributed by atoms with Crippen LogP contribution in [0, 0.1) is 12.8 Å². The van der Waals surface area contributed by atoms with Gasteiger partial charge in [-0.25, -0.2) is 9.97 Å². The maximum Gasteiger partial charge on any atom is 0.272 e. The van der Waals surface area contributed by atoms with E-state index in [1.807, 2.05) is 42.3 Å². The highest BCUT2D eigenvalue weighted by Crippen LogP contribution is 2.47. The van der Waals surface area contributed by atoms with Crippen molar-refractivity contribution in [2.24, 2.45) is 5.92 Å². The van der Waals surface area contributed by atoms with E-state index in [2.05, 4.69) is 57.7 Å². The number of aryl methyl sites for hydroxylation is 1. The SMILES string of the molecule is Cc1cccc(C(=O)N2CC[C@@]3(C2)c2cccn2-c2ncccc2N3CC(C)C)n1. The van der Waals surface area contributed by atoms with E-state index in [-0.39, 0.29) is 11.4 Å². The average molecular weight is 402 g/mol. The molecule has 1 amide bonds.